The maximum Gasteiger partial charge on any atom is 0.118 e. The van der Waals surface area contributed by atoms with Crippen LogP contribution < -0.4 is 10.1 Å². The van der Waals surface area contributed by atoms with Crippen molar-refractivity contribution in [3.8, 4) is 5.75 Å². The minimum atomic E-state index is 0.385. The number of piperazine rings is 1. The van der Waals surface area contributed by atoms with Crippen molar-refractivity contribution < 1.29 is 4.74 Å². The largest absolute Gasteiger partial charge is 0.497 e. The first-order chi connectivity index (χ1) is 10.2. The predicted octanol–water partition coefficient (Wildman–Crippen LogP) is 3.36. The average Bonchev–Trinajstić information content (AvgIpc) is 2.55. The van der Waals surface area contributed by atoms with E-state index < -0.39 is 0 Å². The summed E-state index contributed by atoms with van der Waals surface area (Å²) in [4.78, 5) is 2.77. The van der Waals surface area contributed by atoms with Crippen LogP contribution in [-0.4, -0.2) is 37.2 Å². The molecule has 0 radical (unpaired) electrons. The van der Waals surface area contributed by atoms with Crippen molar-refractivity contribution in [2.75, 3.05) is 26.7 Å². The highest BCUT2D eigenvalue weighted by atomic mass is 16.5. The van der Waals surface area contributed by atoms with E-state index in [0.29, 0.717) is 11.6 Å². The SMILES string of the molecule is COc1ccc(C(C)N2CCNCC23CCCCC3)cc1. The summed E-state index contributed by atoms with van der Waals surface area (Å²) < 4.78 is 5.28. The lowest BCUT2D eigenvalue weighted by Gasteiger charge is -2.52. The van der Waals surface area contributed by atoms with E-state index in [1.54, 1.807) is 7.11 Å². The van der Waals surface area contributed by atoms with Crippen molar-refractivity contribution in [2.45, 2.75) is 50.6 Å². The van der Waals surface area contributed by atoms with Gasteiger partial charge in [-0.1, -0.05) is 31.4 Å². The molecule has 21 heavy (non-hydrogen) atoms. The Morgan fingerprint density at radius 3 is 2.52 bits per heavy atom. The Bertz CT molecular complexity index is 443. The van der Waals surface area contributed by atoms with Crippen LogP contribution in [0.15, 0.2) is 24.3 Å². The first kappa shape index (κ1) is 14.9. The quantitative estimate of drug-likeness (QED) is 0.923. The van der Waals surface area contributed by atoms with Gasteiger partial charge in [0.15, 0.2) is 0 Å². The zero-order chi connectivity index (χ0) is 14.7. The number of nitrogens with zero attached hydrogens (tertiary/aromatic N) is 1. The third kappa shape index (κ3) is 2.95. The highest BCUT2D eigenvalue weighted by molar-refractivity contribution is 5.29. The van der Waals surface area contributed by atoms with Crippen molar-refractivity contribution in [1.82, 2.24) is 10.2 Å². The fraction of sp³-hybridized carbons (Fsp3) is 0.667. The summed E-state index contributed by atoms with van der Waals surface area (Å²) in [7, 11) is 1.73. The molecule has 3 rings (SSSR count). The molecular weight excluding hydrogens is 260 g/mol. The molecule has 1 aromatic carbocycles. The second-order valence-corrected chi connectivity index (χ2v) is 6.60. The highest BCUT2D eigenvalue weighted by Gasteiger charge is 2.41. The second kappa shape index (κ2) is 6.37. The molecule has 1 atom stereocenters. The second-order valence-electron chi connectivity index (χ2n) is 6.60. The van der Waals surface area contributed by atoms with E-state index in [0.717, 1.165) is 25.4 Å². The van der Waals surface area contributed by atoms with Gasteiger partial charge in [0.2, 0.25) is 0 Å². The molecule has 2 fully saturated rings. The molecule has 1 heterocycles. The monoisotopic (exact) mass is 288 g/mol. The van der Waals surface area contributed by atoms with Crippen LogP contribution in [0.1, 0.15) is 50.6 Å². The highest BCUT2D eigenvalue weighted by Crippen LogP contribution is 2.39. The van der Waals surface area contributed by atoms with Gasteiger partial charge >= 0.3 is 0 Å². The number of hydrogen-bond acceptors (Lipinski definition) is 3. The van der Waals surface area contributed by atoms with Crippen LogP contribution in [0.3, 0.4) is 0 Å². The lowest BCUT2D eigenvalue weighted by atomic mass is 9.78. The van der Waals surface area contributed by atoms with Gasteiger partial charge in [0.1, 0.15) is 5.75 Å². The summed E-state index contributed by atoms with van der Waals surface area (Å²) in [5.74, 6) is 0.943. The summed E-state index contributed by atoms with van der Waals surface area (Å²) in [6.07, 6.45) is 6.87. The van der Waals surface area contributed by atoms with Gasteiger partial charge in [-0.25, -0.2) is 0 Å². The molecule has 0 amide bonds. The van der Waals surface area contributed by atoms with E-state index in [4.69, 9.17) is 4.74 Å². The summed E-state index contributed by atoms with van der Waals surface area (Å²) in [5, 5.41) is 3.64. The third-order valence-corrected chi connectivity index (χ3v) is 5.44. The molecule has 116 valence electrons. The summed E-state index contributed by atoms with van der Waals surface area (Å²) in [6, 6.07) is 9.10. The minimum Gasteiger partial charge on any atom is -0.497 e. The smallest absolute Gasteiger partial charge is 0.118 e. The van der Waals surface area contributed by atoms with Gasteiger partial charge in [-0.2, -0.15) is 0 Å². The summed E-state index contributed by atoms with van der Waals surface area (Å²) >= 11 is 0. The topological polar surface area (TPSA) is 24.5 Å². The Labute approximate surface area is 128 Å². The van der Waals surface area contributed by atoms with Gasteiger partial charge in [-0.15, -0.1) is 0 Å². The van der Waals surface area contributed by atoms with Gasteiger partial charge in [0.05, 0.1) is 7.11 Å². The molecule has 1 N–H and O–H groups in total. The van der Waals surface area contributed by atoms with E-state index in [9.17, 15) is 0 Å². The predicted molar refractivity (Wildman–Crippen MR) is 86.8 cm³/mol. The normalized spacial score (nSPS) is 23.9. The third-order valence-electron chi connectivity index (χ3n) is 5.44. The molecule has 1 saturated heterocycles. The summed E-state index contributed by atoms with van der Waals surface area (Å²) in [5.41, 5.74) is 1.79. The van der Waals surface area contributed by atoms with Crippen LogP contribution in [0.25, 0.3) is 0 Å². The number of ether oxygens (including phenoxy) is 1. The van der Waals surface area contributed by atoms with Gasteiger partial charge in [0, 0.05) is 31.2 Å². The zero-order valence-electron chi connectivity index (χ0n) is 13.4. The number of nitrogens with one attached hydrogen (secondary N) is 1. The molecule has 1 spiro atoms. The minimum absolute atomic E-state index is 0.385. The van der Waals surface area contributed by atoms with Crippen LogP contribution in [0, 0.1) is 0 Å². The molecule has 3 nitrogen and oxygen atoms in total. The first-order valence-electron chi connectivity index (χ1n) is 8.37. The molecule has 1 aliphatic heterocycles. The van der Waals surface area contributed by atoms with E-state index >= 15 is 0 Å². The molecule has 0 aromatic heterocycles. The lowest BCUT2D eigenvalue weighted by Crippen LogP contribution is -2.62. The van der Waals surface area contributed by atoms with Crippen LogP contribution >= 0.6 is 0 Å². The van der Waals surface area contributed by atoms with Crippen molar-refractivity contribution in [1.29, 1.82) is 0 Å². The van der Waals surface area contributed by atoms with Crippen LogP contribution in [-0.2, 0) is 0 Å². The fourth-order valence-corrected chi connectivity index (χ4v) is 4.20. The molecule has 0 bridgehead atoms. The van der Waals surface area contributed by atoms with Crippen molar-refractivity contribution in [3.05, 3.63) is 29.8 Å². The van der Waals surface area contributed by atoms with Gasteiger partial charge in [-0.3, -0.25) is 4.90 Å². The first-order valence-corrected chi connectivity index (χ1v) is 8.37. The van der Waals surface area contributed by atoms with Gasteiger partial charge in [0.25, 0.3) is 0 Å². The number of hydrogen-bond donors (Lipinski definition) is 1. The van der Waals surface area contributed by atoms with Crippen molar-refractivity contribution >= 4 is 0 Å². The lowest BCUT2D eigenvalue weighted by molar-refractivity contribution is -0.00279. The summed E-state index contributed by atoms with van der Waals surface area (Å²) in [6.45, 7) is 5.80. The average molecular weight is 288 g/mol. The molecular formula is C18H28N2O. The Morgan fingerprint density at radius 2 is 1.86 bits per heavy atom. The number of benzene rings is 1. The van der Waals surface area contributed by atoms with Crippen LogP contribution in [0.4, 0.5) is 0 Å². The number of rotatable bonds is 3. The maximum absolute atomic E-state index is 5.28. The van der Waals surface area contributed by atoms with Gasteiger partial charge < -0.3 is 10.1 Å². The molecule has 1 aromatic rings. The Hall–Kier alpha value is -1.06. The van der Waals surface area contributed by atoms with E-state index in [1.807, 2.05) is 0 Å². The van der Waals surface area contributed by atoms with Gasteiger partial charge in [-0.05, 0) is 37.5 Å². The molecule has 1 saturated carbocycles. The molecule has 1 aliphatic carbocycles. The Morgan fingerprint density at radius 1 is 1.14 bits per heavy atom. The molecule has 3 heteroatoms. The van der Waals surface area contributed by atoms with Crippen molar-refractivity contribution in [2.24, 2.45) is 0 Å². The van der Waals surface area contributed by atoms with Crippen LogP contribution in [0.5, 0.6) is 5.75 Å². The molecule has 2 aliphatic rings. The number of methoxy groups -OCH3 is 1. The van der Waals surface area contributed by atoms with E-state index in [2.05, 4.69) is 41.4 Å². The van der Waals surface area contributed by atoms with E-state index in [-0.39, 0.29) is 0 Å². The maximum atomic E-state index is 5.28. The Kier molecular flexibility index (Phi) is 4.51. The Balaban J connectivity index is 1.81. The van der Waals surface area contributed by atoms with Crippen molar-refractivity contribution in [3.63, 3.8) is 0 Å². The fourth-order valence-electron chi connectivity index (χ4n) is 4.20. The standard InChI is InChI=1S/C18H28N2O/c1-15(16-6-8-17(21-2)9-7-16)20-13-12-19-14-18(20)10-4-3-5-11-18/h6-9,15,19H,3-5,10-14H2,1-2H3. The van der Waals surface area contributed by atoms with E-state index in [1.165, 1.54) is 37.7 Å². The van der Waals surface area contributed by atoms with Crippen LogP contribution in [0.2, 0.25) is 0 Å². The molecule has 1 unspecified atom stereocenters. The zero-order valence-corrected chi connectivity index (χ0v) is 13.4.